The Bertz CT molecular complexity index is 987. The summed E-state index contributed by atoms with van der Waals surface area (Å²) in [5, 5.41) is 3.30. The topological polar surface area (TPSA) is 41.1 Å². The molecule has 1 aromatic heterocycles. The van der Waals surface area contributed by atoms with Gasteiger partial charge in [0.05, 0.1) is 11.2 Å². The maximum absolute atomic E-state index is 14.3. The zero-order chi connectivity index (χ0) is 18.3. The van der Waals surface area contributed by atoms with Gasteiger partial charge in [0.2, 0.25) is 5.95 Å². The van der Waals surface area contributed by atoms with E-state index in [4.69, 9.17) is 0 Å². The standard InChI is InChI=1S/C18H14F4N4/c19-12-3-1-2-10(16(12)22)17-11-8-13(20)14(21)9-15(11)24-18(25-17)26-6-4-23-5-7-26/h1-3,8-9,23H,4-7H2. The SMILES string of the molecule is Fc1cc2nc(N3CCNCC3)nc(-c3cccc(F)c3F)c2cc1F. The minimum Gasteiger partial charge on any atom is -0.338 e. The van der Waals surface area contributed by atoms with E-state index < -0.39 is 23.3 Å². The van der Waals surface area contributed by atoms with Gasteiger partial charge >= 0.3 is 0 Å². The molecule has 0 bridgehead atoms. The average Bonchev–Trinajstić information content (AvgIpc) is 2.65. The fourth-order valence-electron chi connectivity index (χ4n) is 3.01. The maximum Gasteiger partial charge on any atom is 0.226 e. The average molecular weight is 362 g/mol. The van der Waals surface area contributed by atoms with Crippen LogP contribution in [0.1, 0.15) is 0 Å². The van der Waals surface area contributed by atoms with Gasteiger partial charge in [0.25, 0.3) is 0 Å². The minimum atomic E-state index is -1.10. The Morgan fingerprint density at radius 3 is 2.38 bits per heavy atom. The third-order valence-corrected chi connectivity index (χ3v) is 4.33. The number of rotatable bonds is 2. The zero-order valence-electron chi connectivity index (χ0n) is 13.6. The van der Waals surface area contributed by atoms with Gasteiger partial charge in [-0.1, -0.05) is 6.07 Å². The Balaban J connectivity index is 1.99. The molecule has 0 unspecified atom stereocenters. The normalized spacial score (nSPS) is 14.8. The smallest absolute Gasteiger partial charge is 0.226 e. The number of hydrogen-bond acceptors (Lipinski definition) is 4. The molecular weight excluding hydrogens is 348 g/mol. The quantitative estimate of drug-likeness (QED) is 0.711. The van der Waals surface area contributed by atoms with Crippen LogP contribution in [0.5, 0.6) is 0 Å². The van der Waals surface area contributed by atoms with Gasteiger partial charge in [0, 0.05) is 43.2 Å². The first kappa shape index (κ1) is 16.7. The lowest BCUT2D eigenvalue weighted by Crippen LogP contribution is -2.44. The van der Waals surface area contributed by atoms with Gasteiger partial charge in [-0.15, -0.1) is 0 Å². The molecule has 1 aliphatic heterocycles. The van der Waals surface area contributed by atoms with Crippen LogP contribution >= 0.6 is 0 Å². The van der Waals surface area contributed by atoms with E-state index in [9.17, 15) is 17.6 Å². The lowest BCUT2D eigenvalue weighted by molar-refractivity contribution is 0.509. The summed E-state index contributed by atoms with van der Waals surface area (Å²) in [5.41, 5.74) is 0.0327. The summed E-state index contributed by atoms with van der Waals surface area (Å²) in [6.45, 7) is 2.65. The van der Waals surface area contributed by atoms with Gasteiger partial charge in [0.15, 0.2) is 23.3 Å². The largest absolute Gasteiger partial charge is 0.338 e. The second-order valence-corrected chi connectivity index (χ2v) is 5.99. The molecule has 4 rings (SSSR count). The van der Waals surface area contributed by atoms with E-state index in [0.717, 1.165) is 18.2 Å². The third-order valence-electron chi connectivity index (χ3n) is 4.33. The van der Waals surface area contributed by atoms with Crippen molar-refractivity contribution in [3.05, 3.63) is 53.6 Å². The number of fused-ring (bicyclic) bond motifs is 1. The lowest BCUT2D eigenvalue weighted by atomic mass is 10.1. The molecule has 2 heterocycles. The number of nitrogens with one attached hydrogen (secondary N) is 1. The Morgan fingerprint density at radius 1 is 0.885 bits per heavy atom. The van der Waals surface area contributed by atoms with Crippen molar-refractivity contribution in [1.29, 1.82) is 0 Å². The van der Waals surface area contributed by atoms with Gasteiger partial charge < -0.3 is 10.2 Å². The van der Waals surface area contributed by atoms with Gasteiger partial charge in [-0.25, -0.2) is 27.5 Å². The van der Waals surface area contributed by atoms with Crippen LogP contribution in [0.25, 0.3) is 22.2 Å². The first-order valence-electron chi connectivity index (χ1n) is 8.11. The van der Waals surface area contributed by atoms with Crippen molar-refractivity contribution in [2.45, 2.75) is 0 Å². The zero-order valence-corrected chi connectivity index (χ0v) is 13.6. The van der Waals surface area contributed by atoms with Crippen LogP contribution < -0.4 is 10.2 Å². The van der Waals surface area contributed by atoms with E-state index in [1.54, 1.807) is 0 Å². The number of nitrogens with zero attached hydrogens (tertiary/aromatic N) is 3. The van der Waals surface area contributed by atoms with Gasteiger partial charge in [0.1, 0.15) is 0 Å². The second kappa shape index (κ2) is 6.53. The molecule has 3 aromatic rings. The van der Waals surface area contributed by atoms with E-state index >= 15 is 0 Å². The number of aromatic nitrogens is 2. The van der Waals surface area contributed by atoms with Crippen molar-refractivity contribution in [1.82, 2.24) is 15.3 Å². The predicted molar refractivity (Wildman–Crippen MR) is 89.9 cm³/mol. The van der Waals surface area contributed by atoms with E-state index in [1.807, 2.05) is 4.90 Å². The molecule has 8 heteroatoms. The lowest BCUT2D eigenvalue weighted by Gasteiger charge is -2.28. The summed E-state index contributed by atoms with van der Waals surface area (Å²) in [6, 6.07) is 5.53. The first-order chi connectivity index (χ1) is 12.5. The van der Waals surface area contributed by atoms with Crippen molar-refractivity contribution in [3.8, 4) is 11.3 Å². The number of piperazine rings is 1. The maximum atomic E-state index is 14.3. The number of anilines is 1. The van der Waals surface area contributed by atoms with E-state index in [0.29, 0.717) is 26.2 Å². The Labute approximate surface area is 146 Å². The predicted octanol–water partition coefficient (Wildman–Crippen LogP) is 3.26. The highest BCUT2D eigenvalue weighted by atomic mass is 19.2. The number of hydrogen-bond donors (Lipinski definition) is 1. The fourth-order valence-corrected chi connectivity index (χ4v) is 3.01. The van der Waals surface area contributed by atoms with Crippen LogP contribution in [-0.4, -0.2) is 36.1 Å². The molecule has 0 amide bonds. The molecule has 1 saturated heterocycles. The molecule has 0 saturated carbocycles. The Morgan fingerprint density at radius 2 is 1.62 bits per heavy atom. The molecule has 1 fully saturated rings. The number of benzene rings is 2. The molecular formula is C18H14F4N4. The van der Waals surface area contributed by atoms with E-state index in [2.05, 4.69) is 15.3 Å². The van der Waals surface area contributed by atoms with Gasteiger partial charge in [-0.2, -0.15) is 0 Å². The van der Waals surface area contributed by atoms with E-state index in [1.165, 1.54) is 12.1 Å². The fraction of sp³-hybridized carbons (Fsp3) is 0.222. The van der Waals surface area contributed by atoms with Crippen LogP contribution in [0.2, 0.25) is 0 Å². The summed E-state index contributed by atoms with van der Waals surface area (Å²) in [4.78, 5) is 10.5. The van der Waals surface area contributed by atoms with Crippen LogP contribution in [0.15, 0.2) is 30.3 Å². The summed E-state index contributed by atoms with van der Waals surface area (Å²) >= 11 is 0. The summed E-state index contributed by atoms with van der Waals surface area (Å²) in [6.07, 6.45) is 0. The molecule has 1 aliphatic rings. The molecule has 4 nitrogen and oxygen atoms in total. The molecule has 0 atom stereocenters. The van der Waals surface area contributed by atoms with Crippen molar-refractivity contribution >= 4 is 16.9 Å². The molecule has 1 N–H and O–H groups in total. The Hall–Kier alpha value is -2.74. The monoisotopic (exact) mass is 362 g/mol. The highest BCUT2D eigenvalue weighted by Crippen LogP contribution is 2.32. The molecule has 0 aliphatic carbocycles. The van der Waals surface area contributed by atoms with Crippen LogP contribution in [0.3, 0.4) is 0 Å². The van der Waals surface area contributed by atoms with Crippen molar-refractivity contribution in [2.24, 2.45) is 0 Å². The summed E-state index contributed by atoms with van der Waals surface area (Å²) in [7, 11) is 0. The van der Waals surface area contributed by atoms with Crippen LogP contribution in [0.4, 0.5) is 23.5 Å². The minimum absolute atomic E-state index is 0.0273. The highest BCUT2D eigenvalue weighted by Gasteiger charge is 2.21. The van der Waals surface area contributed by atoms with Crippen molar-refractivity contribution < 1.29 is 17.6 Å². The van der Waals surface area contributed by atoms with Crippen LogP contribution in [-0.2, 0) is 0 Å². The van der Waals surface area contributed by atoms with Crippen LogP contribution in [0, 0.1) is 23.3 Å². The van der Waals surface area contributed by atoms with E-state index in [-0.39, 0.29) is 28.1 Å². The highest BCUT2D eigenvalue weighted by molar-refractivity contribution is 5.93. The second-order valence-electron chi connectivity index (χ2n) is 5.99. The summed E-state index contributed by atoms with van der Waals surface area (Å²) in [5.74, 6) is -4.03. The van der Waals surface area contributed by atoms with Crippen molar-refractivity contribution in [3.63, 3.8) is 0 Å². The molecule has 26 heavy (non-hydrogen) atoms. The van der Waals surface area contributed by atoms with Crippen molar-refractivity contribution in [2.75, 3.05) is 31.1 Å². The van der Waals surface area contributed by atoms with Gasteiger partial charge in [-0.05, 0) is 18.2 Å². The first-order valence-corrected chi connectivity index (χ1v) is 8.11. The Kier molecular flexibility index (Phi) is 4.20. The summed E-state index contributed by atoms with van der Waals surface area (Å²) < 4.78 is 55.5. The molecule has 0 spiro atoms. The third kappa shape index (κ3) is 2.86. The number of halogens is 4. The molecule has 0 radical (unpaired) electrons. The van der Waals surface area contributed by atoms with Gasteiger partial charge in [-0.3, -0.25) is 0 Å². The molecule has 2 aromatic carbocycles. The molecule has 134 valence electrons.